The van der Waals surface area contributed by atoms with Crippen molar-refractivity contribution in [3.8, 4) is 0 Å². The third kappa shape index (κ3) is 3.28. The van der Waals surface area contributed by atoms with Gasteiger partial charge in [-0.25, -0.2) is 4.79 Å². The number of hydrogen-bond donors (Lipinski definition) is 4. The fraction of sp³-hybridized carbons (Fsp3) is 0.444. The predicted octanol–water partition coefficient (Wildman–Crippen LogP) is 2.05. The fourth-order valence-corrected chi connectivity index (χ4v) is 3.37. The molecule has 1 unspecified atom stereocenters. The zero-order chi connectivity index (χ0) is 17.2. The molecule has 0 saturated carbocycles. The Hall–Kier alpha value is -2.34. The smallest absolute Gasteiger partial charge is 0.315 e. The van der Waals surface area contributed by atoms with Gasteiger partial charge in [0.25, 0.3) is 0 Å². The maximum atomic E-state index is 12.1. The van der Waals surface area contributed by atoms with Crippen LogP contribution in [0.3, 0.4) is 0 Å². The van der Waals surface area contributed by atoms with Crippen molar-refractivity contribution in [3.63, 3.8) is 0 Å². The van der Waals surface area contributed by atoms with Crippen LogP contribution in [0, 0.1) is 13.8 Å². The standard InChI is InChI=1S/C18H24N4O2/c1-12-15(13(2)22-21-12)10-19-17(23)20-11-18(24)9-5-7-14-6-3-4-8-16(14)18/h3-4,6,8,24H,5,7,9-11H2,1-2H3,(H,21,22)(H2,19,20,23). The van der Waals surface area contributed by atoms with E-state index in [1.807, 2.05) is 38.1 Å². The number of amides is 2. The molecule has 6 heteroatoms. The van der Waals surface area contributed by atoms with Crippen molar-refractivity contribution >= 4 is 6.03 Å². The van der Waals surface area contributed by atoms with E-state index in [-0.39, 0.29) is 12.6 Å². The van der Waals surface area contributed by atoms with Crippen LogP contribution >= 0.6 is 0 Å². The molecule has 24 heavy (non-hydrogen) atoms. The van der Waals surface area contributed by atoms with Gasteiger partial charge in [-0.05, 0) is 44.2 Å². The second-order valence-corrected chi connectivity index (χ2v) is 6.49. The number of benzene rings is 1. The van der Waals surface area contributed by atoms with E-state index in [4.69, 9.17) is 0 Å². The molecule has 2 amide bonds. The number of aliphatic hydroxyl groups is 1. The topological polar surface area (TPSA) is 90.0 Å². The van der Waals surface area contributed by atoms with Crippen LogP contribution in [0.1, 0.15) is 40.9 Å². The Balaban J connectivity index is 1.59. The molecule has 0 fully saturated rings. The van der Waals surface area contributed by atoms with E-state index in [1.54, 1.807) is 0 Å². The summed E-state index contributed by atoms with van der Waals surface area (Å²) in [5, 5.41) is 23.6. The number of aromatic nitrogens is 2. The van der Waals surface area contributed by atoms with Gasteiger partial charge in [-0.1, -0.05) is 24.3 Å². The molecule has 3 rings (SSSR count). The number of fused-ring (bicyclic) bond motifs is 1. The first-order valence-corrected chi connectivity index (χ1v) is 8.32. The summed E-state index contributed by atoms with van der Waals surface area (Å²) in [6, 6.07) is 7.63. The average molecular weight is 328 g/mol. The quantitative estimate of drug-likeness (QED) is 0.692. The molecule has 128 valence electrons. The number of aryl methyl sites for hydroxylation is 3. The Bertz CT molecular complexity index is 721. The Labute approximate surface area is 141 Å². The van der Waals surface area contributed by atoms with Crippen LogP contribution in [0.5, 0.6) is 0 Å². The molecule has 1 aliphatic rings. The predicted molar refractivity (Wildman–Crippen MR) is 91.6 cm³/mol. The van der Waals surface area contributed by atoms with E-state index in [0.717, 1.165) is 40.9 Å². The lowest BCUT2D eigenvalue weighted by atomic mass is 9.79. The van der Waals surface area contributed by atoms with Gasteiger partial charge in [0, 0.05) is 17.8 Å². The van der Waals surface area contributed by atoms with Gasteiger partial charge >= 0.3 is 6.03 Å². The summed E-state index contributed by atoms with van der Waals surface area (Å²) in [5.41, 5.74) is 3.93. The van der Waals surface area contributed by atoms with E-state index in [1.165, 1.54) is 0 Å². The molecule has 0 aliphatic heterocycles. The van der Waals surface area contributed by atoms with Crippen LogP contribution in [0.4, 0.5) is 4.79 Å². The first-order chi connectivity index (χ1) is 11.5. The second-order valence-electron chi connectivity index (χ2n) is 6.49. The first-order valence-electron chi connectivity index (χ1n) is 8.32. The number of nitrogens with zero attached hydrogens (tertiary/aromatic N) is 1. The highest BCUT2D eigenvalue weighted by Gasteiger charge is 2.34. The van der Waals surface area contributed by atoms with E-state index in [0.29, 0.717) is 13.0 Å². The van der Waals surface area contributed by atoms with E-state index in [9.17, 15) is 9.90 Å². The average Bonchev–Trinajstić information content (AvgIpc) is 2.90. The monoisotopic (exact) mass is 328 g/mol. The highest BCUT2D eigenvalue weighted by Crippen LogP contribution is 2.34. The van der Waals surface area contributed by atoms with Crippen molar-refractivity contribution in [2.24, 2.45) is 0 Å². The molecule has 4 N–H and O–H groups in total. The zero-order valence-electron chi connectivity index (χ0n) is 14.1. The summed E-state index contributed by atoms with van der Waals surface area (Å²) in [5.74, 6) is 0. The maximum Gasteiger partial charge on any atom is 0.315 e. The lowest BCUT2D eigenvalue weighted by Crippen LogP contribution is -2.46. The number of carbonyl (C=O) groups excluding carboxylic acids is 1. The zero-order valence-corrected chi connectivity index (χ0v) is 14.1. The third-order valence-corrected chi connectivity index (χ3v) is 4.80. The number of nitrogens with one attached hydrogen (secondary N) is 3. The molecule has 1 atom stereocenters. The molecule has 0 saturated heterocycles. The Morgan fingerprint density at radius 1 is 1.33 bits per heavy atom. The van der Waals surface area contributed by atoms with Crippen molar-refractivity contribution in [1.82, 2.24) is 20.8 Å². The van der Waals surface area contributed by atoms with Crippen molar-refractivity contribution in [2.45, 2.75) is 45.3 Å². The molecule has 0 spiro atoms. The molecule has 1 aliphatic carbocycles. The van der Waals surface area contributed by atoms with Crippen LogP contribution in [0.15, 0.2) is 24.3 Å². The fourth-order valence-electron chi connectivity index (χ4n) is 3.37. The van der Waals surface area contributed by atoms with Crippen molar-refractivity contribution < 1.29 is 9.90 Å². The summed E-state index contributed by atoms with van der Waals surface area (Å²) in [6.07, 6.45) is 2.55. The highest BCUT2D eigenvalue weighted by atomic mass is 16.3. The molecule has 1 aromatic heterocycles. The summed E-state index contributed by atoms with van der Waals surface area (Å²) < 4.78 is 0. The van der Waals surface area contributed by atoms with Crippen molar-refractivity contribution in [2.75, 3.05) is 6.54 Å². The van der Waals surface area contributed by atoms with Gasteiger partial charge < -0.3 is 15.7 Å². The molecule has 1 aromatic carbocycles. The SMILES string of the molecule is Cc1n[nH]c(C)c1CNC(=O)NCC1(O)CCCc2ccccc21. The van der Waals surface area contributed by atoms with Crippen LogP contribution in [-0.2, 0) is 18.6 Å². The third-order valence-electron chi connectivity index (χ3n) is 4.80. The van der Waals surface area contributed by atoms with Crippen LogP contribution < -0.4 is 10.6 Å². The van der Waals surface area contributed by atoms with Crippen LogP contribution in [0.25, 0.3) is 0 Å². The van der Waals surface area contributed by atoms with Gasteiger partial charge in [-0.2, -0.15) is 5.10 Å². The van der Waals surface area contributed by atoms with Gasteiger partial charge in [-0.3, -0.25) is 5.10 Å². The van der Waals surface area contributed by atoms with Crippen LogP contribution in [-0.4, -0.2) is 27.9 Å². The van der Waals surface area contributed by atoms with Gasteiger partial charge in [0.05, 0.1) is 12.2 Å². The number of hydrogen-bond acceptors (Lipinski definition) is 3. The number of H-pyrrole nitrogens is 1. The van der Waals surface area contributed by atoms with Crippen molar-refractivity contribution in [3.05, 3.63) is 52.3 Å². The minimum absolute atomic E-state index is 0.208. The summed E-state index contributed by atoms with van der Waals surface area (Å²) >= 11 is 0. The van der Waals surface area contributed by atoms with Gasteiger partial charge in [-0.15, -0.1) is 0 Å². The lowest BCUT2D eigenvalue weighted by molar-refractivity contribution is 0.0217. The maximum absolute atomic E-state index is 12.1. The summed E-state index contributed by atoms with van der Waals surface area (Å²) in [7, 11) is 0. The number of aromatic amines is 1. The minimum Gasteiger partial charge on any atom is -0.383 e. The molecule has 6 nitrogen and oxygen atoms in total. The number of rotatable bonds is 4. The molecular formula is C18H24N4O2. The van der Waals surface area contributed by atoms with Gasteiger partial charge in [0.2, 0.25) is 0 Å². The normalized spacial score (nSPS) is 19.6. The van der Waals surface area contributed by atoms with Crippen molar-refractivity contribution in [1.29, 1.82) is 0 Å². The number of carbonyl (C=O) groups is 1. The first kappa shape index (κ1) is 16.5. The molecular weight excluding hydrogens is 304 g/mol. The molecule has 2 aromatic rings. The van der Waals surface area contributed by atoms with Gasteiger partial charge in [0.15, 0.2) is 0 Å². The second kappa shape index (κ2) is 6.65. The van der Waals surface area contributed by atoms with E-state index < -0.39 is 5.60 Å². The Morgan fingerprint density at radius 3 is 2.88 bits per heavy atom. The Morgan fingerprint density at radius 2 is 2.12 bits per heavy atom. The lowest BCUT2D eigenvalue weighted by Gasteiger charge is -2.34. The highest BCUT2D eigenvalue weighted by molar-refractivity contribution is 5.74. The Kier molecular flexibility index (Phi) is 4.57. The number of urea groups is 1. The molecule has 1 heterocycles. The summed E-state index contributed by atoms with van der Waals surface area (Å²) in [6.45, 7) is 4.45. The van der Waals surface area contributed by atoms with E-state index >= 15 is 0 Å². The summed E-state index contributed by atoms with van der Waals surface area (Å²) in [4.78, 5) is 12.1. The van der Waals surface area contributed by atoms with Crippen LogP contribution in [0.2, 0.25) is 0 Å². The largest absolute Gasteiger partial charge is 0.383 e. The molecule has 0 bridgehead atoms. The molecule has 0 radical (unpaired) electrons. The van der Waals surface area contributed by atoms with E-state index in [2.05, 4.69) is 20.8 Å². The minimum atomic E-state index is -0.992. The van der Waals surface area contributed by atoms with Gasteiger partial charge in [0.1, 0.15) is 5.60 Å².